The molecule has 1 aromatic carbocycles. The Kier molecular flexibility index (Phi) is 4.50. The first kappa shape index (κ1) is 13.8. The summed E-state index contributed by atoms with van der Waals surface area (Å²) in [6.45, 7) is -0.646. The third kappa shape index (κ3) is 3.63. The zero-order valence-electron chi connectivity index (χ0n) is 9.10. The topological polar surface area (TPSA) is 125 Å². The molecule has 0 fully saturated rings. The van der Waals surface area contributed by atoms with Gasteiger partial charge in [-0.3, -0.25) is 10.1 Å². The lowest BCUT2D eigenvalue weighted by atomic mass is 10.2. The Labute approximate surface area is 107 Å². The van der Waals surface area contributed by atoms with Gasteiger partial charge in [-0.2, -0.15) is 0 Å². The van der Waals surface area contributed by atoms with Crippen molar-refractivity contribution in [1.29, 1.82) is 0 Å². The van der Waals surface area contributed by atoms with Crippen molar-refractivity contribution in [2.45, 2.75) is 0 Å². The molecule has 0 spiro atoms. The number of hydrogen-bond donors (Lipinski definition) is 3. The van der Waals surface area contributed by atoms with Crippen LogP contribution in [0, 0.1) is 0 Å². The maximum Gasteiger partial charge on any atom is 0.340 e. The molecule has 18 heavy (non-hydrogen) atoms. The number of anilines is 1. The number of nitrogen functional groups attached to an aromatic ring is 1. The highest BCUT2D eigenvalue weighted by atomic mass is 35.5. The predicted molar refractivity (Wildman–Crippen MR) is 63.9 cm³/mol. The summed E-state index contributed by atoms with van der Waals surface area (Å²) in [6, 6.07) is 3.39. The molecule has 3 amide bonds. The van der Waals surface area contributed by atoms with Gasteiger partial charge in [0.25, 0.3) is 5.91 Å². The Morgan fingerprint density at radius 1 is 1.33 bits per heavy atom. The van der Waals surface area contributed by atoms with E-state index in [1.165, 1.54) is 18.2 Å². The minimum absolute atomic E-state index is 0.0311. The van der Waals surface area contributed by atoms with Gasteiger partial charge >= 0.3 is 12.0 Å². The summed E-state index contributed by atoms with van der Waals surface area (Å²) < 4.78 is 4.63. The number of ether oxygens (including phenoxy) is 1. The van der Waals surface area contributed by atoms with Crippen molar-refractivity contribution in [2.24, 2.45) is 5.73 Å². The number of carbonyl (C=O) groups is 3. The number of urea groups is 1. The number of nitrogens with two attached hydrogens (primary N) is 2. The van der Waals surface area contributed by atoms with Gasteiger partial charge in [0.2, 0.25) is 0 Å². The van der Waals surface area contributed by atoms with E-state index in [2.05, 4.69) is 4.74 Å². The van der Waals surface area contributed by atoms with E-state index in [1.54, 1.807) is 5.32 Å². The lowest BCUT2D eigenvalue weighted by Crippen LogP contribution is -2.37. The van der Waals surface area contributed by atoms with Crippen LogP contribution >= 0.6 is 11.6 Å². The Morgan fingerprint density at radius 2 is 2.00 bits per heavy atom. The van der Waals surface area contributed by atoms with Gasteiger partial charge in [-0.15, -0.1) is 0 Å². The van der Waals surface area contributed by atoms with E-state index in [9.17, 15) is 14.4 Å². The van der Waals surface area contributed by atoms with E-state index in [0.717, 1.165) is 0 Å². The number of primary amides is 1. The van der Waals surface area contributed by atoms with Gasteiger partial charge in [0, 0.05) is 0 Å². The van der Waals surface area contributed by atoms with Crippen LogP contribution in [0.4, 0.5) is 10.5 Å². The smallest absolute Gasteiger partial charge is 0.340 e. The molecule has 0 aliphatic heterocycles. The SMILES string of the molecule is NC(=O)NC(=O)COC(=O)c1cccc(N)c1Cl. The van der Waals surface area contributed by atoms with Crippen molar-refractivity contribution in [3.63, 3.8) is 0 Å². The lowest BCUT2D eigenvalue weighted by Gasteiger charge is -2.06. The molecule has 96 valence electrons. The van der Waals surface area contributed by atoms with E-state index < -0.39 is 24.5 Å². The van der Waals surface area contributed by atoms with Crippen LogP contribution in [0.2, 0.25) is 5.02 Å². The number of nitrogens with one attached hydrogen (secondary N) is 1. The largest absolute Gasteiger partial charge is 0.452 e. The van der Waals surface area contributed by atoms with Crippen molar-refractivity contribution in [3.8, 4) is 0 Å². The summed E-state index contributed by atoms with van der Waals surface area (Å²) in [7, 11) is 0. The van der Waals surface area contributed by atoms with Gasteiger partial charge in [0.1, 0.15) is 0 Å². The quantitative estimate of drug-likeness (QED) is 0.538. The third-order valence-corrected chi connectivity index (χ3v) is 2.27. The monoisotopic (exact) mass is 271 g/mol. The van der Waals surface area contributed by atoms with Crippen molar-refractivity contribution >= 4 is 35.2 Å². The lowest BCUT2D eigenvalue weighted by molar-refractivity contribution is -0.123. The Balaban J connectivity index is 2.64. The second kappa shape index (κ2) is 5.87. The van der Waals surface area contributed by atoms with Gasteiger partial charge < -0.3 is 16.2 Å². The molecule has 1 aromatic rings. The van der Waals surface area contributed by atoms with Gasteiger partial charge in [-0.25, -0.2) is 9.59 Å². The van der Waals surface area contributed by atoms with Crippen LogP contribution < -0.4 is 16.8 Å². The molecule has 0 aliphatic rings. The molecule has 8 heteroatoms. The predicted octanol–water partition coefficient (Wildman–Crippen LogP) is 0.274. The third-order valence-electron chi connectivity index (χ3n) is 1.85. The highest BCUT2D eigenvalue weighted by Crippen LogP contribution is 2.23. The highest BCUT2D eigenvalue weighted by Gasteiger charge is 2.15. The summed E-state index contributed by atoms with van der Waals surface area (Å²) >= 11 is 5.79. The fraction of sp³-hybridized carbons (Fsp3) is 0.100. The Morgan fingerprint density at radius 3 is 2.61 bits per heavy atom. The van der Waals surface area contributed by atoms with E-state index in [1.807, 2.05) is 0 Å². The van der Waals surface area contributed by atoms with Crippen molar-refractivity contribution in [1.82, 2.24) is 5.32 Å². The van der Waals surface area contributed by atoms with Crippen LogP contribution in [0.1, 0.15) is 10.4 Å². The fourth-order valence-corrected chi connectivity index (χ4v) is 1.29. The molecule has 0 aromatic heterocycles. The number of esters is 1. The first-order valence-electron chi connectivity index (χ1n) is 4.72. The van der Waals surface area contributed by atoms with Crippen LogP contribution in [0.15, 0.2) is 18.2 Å². The number of imide groups is 1. The van der Waals surface area contributed by atoms with E-state index in [-0.39, 0.29) is 16.3 Å². The summed E-state index contributed by atoms with van der Waals surface area (Å²) in [5.74, 6) is -1.66. The first-order chi connectivity index (χ1) is 8.41. The molecule has 0 bridgehead atoms. The molecule has 0 aliphatic carbocycles. The maximum atomic E-state index is 11.5. The van der Waals surface area contributed by atoms with Crippen LogP contribution in [-0.4, -0.2) is 24.5 Å². The minimum atomic E-state index is -1.03. The van der Waals surface area contributed by atoms with Crippen molar-refractivity contribution in [2.75, 3.05) is 12.3 Å². The number of hydrogen-bond acceptors (Lipinski definition) is 5. The molecular weight excluding hydrogens is 262 g/mol. The number of halogens is 1. The van der Waals surface area contributed by atoms with E-state index in [0.29, 0.717) is 0 Å². The average Bonchev–Trinajstić information content (AvgIpc) is 2.29. The van der Waals surface area contributed by atoms with Crippen LogP contribution in [0.3, 0.4) is 0 Å². The van der Waals surface area contributed by atoms with Gasteiger partial charge in [0.15, 0.2) is 6.61 Å². The Bertz CT molecular complexity index is 504. The Hall–Kier alpha value is -2.28. The zero-order valence-corrected chi connectivity index (χ0v) is 9.86. The molecule has 0 radical (unpaired) electrons. The summed E-state index contributed by atoms with van der Waals surface area (Å²) in [5, 5.41) is 1.78. The zero-order chi connectivity index (χ0) is 13.7. The highest BCUT2D eigenvalue weighted by molar-refractivity contribution is 6.36. The van der Waals surface area contributed by atoms with Crippen LogP contribution in [0.25, 0.3) is 0 Å². The standard InChI is InChI=1S/C10H10ClN3O4/c11-8-5(2-1-3-6(8)12)9(16)18-4-7(15)14-10(13)17/h1-3H,4,12H2,(H3,13,14,15,17). The molecule has 5 N–H and O–H groups in total. The van der Waals surface area contributed by atoms with Gasteiger partial charge in [-0.1, -0.05) is 17.7 Å². The second-order valence-electron chi connectivity index (χ2n) is 3.20. The molecular formula is C10H10ClN3O4. The molecule has 0 saturated heterocycles. The summed E-state index contributed by atoms with van der Waals surface area (Å²) in [4.78, 5) is 32.9. The van der Waals surface area contributed by atoms with Crippen LogP contribution in [0.5, 0.6) is 0 Å². The van der Waals surface area contributed by atoms with E-state index in [4.69, 9.17) is 23.1 Å². The van der Waals surface area contributed by atoms with E-state index >= 15 is 0 Å². The molecule has 0 saturated carbocycles. The number of benzene rings is 1. The summed E-state index contributed by atoms with van der Waals surface area (Å²) in [5.41, 5.74) is 10.5. The number of carbonyl (C=O) groups excluding carboxylic acids is 3. The molecule has 0 atom stereocenters. The van der Waals surface area contributed by atoms with Crippen molar-refractivity contribution in [3.05, 3.63) is 28.8 Å². The fourth-order valence-electron chi connectivity index (χ4n) is 1.09. The maximum absolute atomic E-state index is 11.5. The van der Waals surface area contributed by atoms with Crippen LogP contribution in [-0.2, 0) is 9.53 Å². The second-order valence-corrected chi connectivity index (χ2v) is 3.58. The first-order valence-corrected chi connectivity index (χ1v) is 5.10. The van der Waals surface area contributed by atoms with Gasteiger partial charge in [-0.05, 0) is 12.1 Å². The molecule has 7 nitrogen and oxygen atoms in total. The summed E-state index contributed by atoms with van der Waals surface area (Å²) in [6.07, 6.45) is 0. The molecule has 0 unspecified atom stereocenters. The normalized spacial score (nSPS) is 9.61. The molecule has 1 rings (SSSR count). The molecule has 0 heterocycles. The van der Waals surface area contributed by atoms with Gasteiger partial charge in [0.05, 0.1) is 16.3 Å². The number of amides is 3. The number of rotatable bonds is 3. The van der Waals surface area contributed by atoms with Crippen molar-refractivity contribution < 1.29 is 19.1 Å². The minimum Gasteiger partial charge on any atom is -0.452 e. The average molecular weight is 272 g/mol.